The van der Waals surface area contributed by atoms with Crippen LogP contribution in [0, 0.1) is 0 Å². The van der Waals surface area contributed by atoms with Crippen LogP contribution in [0.1, 0.15) is 34.5 Å². The van der Waals surface area contributed by atoms with Crippen molar-refractivity contribution in [3.8, 4) is 0 Å². The topological polar surface area (TPSA) is 96.7 Å². The number of likely N-dealkylation sites (tertiary alicyclic amines) is 1. The van der Waals surface area contributed by atoms with Crippen LogP contribution in [0.5, 0.6) is 0 Å². The van der Waals surface area contributed by atoms with Gasteiger partial charge in [-0.15, -0.1) is 11.3 Å². The summed E-state index contributed by atoms with van der Waals surface area (Å²) in [6.07, 6.45) is 1.90. The first-order valence-electron chi connectivity index (χ1n) is 10.0. The normalized spacial score (nSPS) is 20.6. The number of carbonyl (C=O) groups is 2. The predicted octanol–water partition coefficient (Wildman–Crippen LogP) is 2.67. The molecule has 2 fully saturated rings. The van der Waals surface area contributed by atoms with Crippen molar-refractivity contribution in [2.24, 2.45) is 7.05 Å². The molecule has 4 heterocycles. The number of piperidine rings is 1. The minimum Gasteiger partial charge on any atom is -0.475 e. The second-order valence-electron chi connectivity index (χ2n) is 7.95. The molecule has 2 aromatic heterocycles. The second-order valence-corrected chi connectivity index (χ2v) is 8.89. The summed E-state index contributed by atoms with van der Waals surface area (Å²) in [6.45, 7) is 3.63. The highest BCUT2D eigenvalue weighted by Gasteiger charge is 2.43. The monoisotopic (exact) mass is 474 g/mol. The number of hydrogen-bond donors (Lipinski definition) is 2. The number of alkyl halides is 3. The summed E-state index contributed by atoms with van der Waals surface area (Å²) in [4.78, 5) is 24.3. The van der Waals surface area contributed by atoms with Gasteiger partial charge in [0.1, 0.15) is 0 Å². The lowest BCUT2D eigenvalue weighted by atomic mass is 9.87. The van der Waals surface area contributed by atoms with Gasteiger partial charge < -0.3 is 15.2 Å². The number of aromatic nitrogens is 2. The van der Waals surface area contributed by atoms with Crippen molar-refractivity contribution in [3.05, 3.63) is 40.3 Å². The fraction of sp³-hybridized carbons (Fsp3) is 0.550. The Balaban J connectivity index is 0.000000360. The minimum atomic E-state index is -5.08. The third kappa shape index (κ3) is 6.53. The number of thiophene rings is 1. The van der Waals surface area contributed by atoms with Crippen molar-refractivity contribution in [1.29, 1.82) is 0 Å². The molecule has 0 aromatic carbocycles. The molecular formula is C20H25F3N4O4S. The summed E-state index contributed by atoms with van der Waals surface area (Å²) < 4.78 is 39.7. The summed E-state index contributed by atoms with van der Waals surface area (Å²) in [7, 11) is 1.95. The molecule has 0 bridgehead atoms. The summed E-state index contributed by atoms with van der Waals surface area (Å²) in [5, 5.41) is 16.4. The molecule has 176 valence electrons. The van der Waals surface area contributed by atoms with Crippen LogP contribution in [0.25, 0.3) is 0 Å². The average Bonchev–Trinajstić information content (AvgIpc) is 3.46. The third-order valence-corrected chi connectivity index (χ3v) is 6.33. The summed E-state index contributed by atoms with van der Waals surface area (Å²) in [5.41, 5.74) is 1.20. The number of aliphatic carboxylic acids is 1. The maximum Gasteiger partial charge on any atom is 0.490 e. The zero-order valence-electron chi connectivity index (χ0n) is 17.5. The molecule has 0 radical (unpaired) electrons. The molecule has 2 saturated heterocycles. The van der Waals surface area contributed by atoms with Crippen molar-refractivity contribution in [2.45, 2.75) is 43.6 Å². The van der Waals surface area contributed by atoms with E-state index < -0.39 is 12.1 Å². The maximum atomic E-state index is 12.2. The lowest BCUT2D eigenvalue weighted by molar-refractivity contribution is -0.192. The van der Waals surface area contributed by atoms with E-state index >= 15 is 0 Å². The molecule has 1 atom stereocenters. The second kappa shape index (κ2) is 10.0. The van der Waals surface area contributed by atoms with E-state index in [1.807, 2.05) is 35.4 Å². The summed E-state index contributed by atoms with van der Waals surface area (Å²) >= 11 is 1.48. The molecule has 32 heavy (non-hydrogen) atoms. The molecule has 0 saturated carbocycles. The minimum absolute atomic E-state index is 0.0228. The molecule has 8 nitrogen and oxygen atoms in total. The van der Waals surface area contributed by atoms with E-state index in [4.69, 9.17) is 14.6 Å². The number of carboxylic acids is 1. The van der Waals surface area contributed by atoms with Gasteiger partial charge in [0.05, 0.1) is 29.3 Å². The van der Waals surface area contributed by atoms with Gasteiger partial charge in [0.15, 0.2) is 0 Å². The maximum absolute atomic E-state index is 12.2. The molecule has 12 heteroatoms. The molecule has 2 aliphatic heterocycles. The molecular weight excluding hydrogens is 449 g/mol. The summed E-state index contributed by atoms with van der Waals surface area (Å²) in [6, 6.07) is 3.90. The van der Waals surface area contributed by atoms with Gasteiger partial charge in [-0.25, -0.2) is 4.79 Å². The van der Waals surface area contributed by atoms with Crippen molar-refractivity contribution >= 4 is 23.2 Å². The SMILES string of the molecule is Cn1cc(CN2CCC3(CC2)CC(NC(=O)c2cccs2)CO3)cn1.O=C(O)C(F)(F)F. The summed E-state index contributed by atoms with van der Waals surface area (Å²) in [5.74, 6) is -2.73. The Kier molecular flexibility index (Phi) is 7.57. The van der Waals surface area contributed by atoms with Gasteiger partial charge in [-0.3, -0.25) is 14.4 Å². The Morgan fingerprint density at radius 3 is 2.59 bits per heavy atom. The molecule has 4 rings (SSSR count). The van der Waals surface area contributed by atoms with Crippen LogP contribution in [-0.2, 0) is 23.1 Å². The van der Waals surface area contributed by atoms with Crippen LogP contribution in [0.15, 0.2) is 29.9 Å². The molecule has 1 amide bonds. The lowest BCUT2D eigenvalue weighted by Crippen LogP contribution is -2.44. The Morgan fingerprint density at radius 1 is 1.38 bits per heavy atom. The van der Waals surface area contributed by atoms with Gasteiger partial charge >= 0.3 is 12.1 Å². The van der Waals surface area contributed by atoms with E-state index in [2.05, 4.69) is 21.5 Å². The first kappa shape index (κ1) is 24.2. The molecule has 1 spiro atoms. The first-order valence-corrected chi connectivity index (χ1v) is 10.9. The Morgan fingerprint density at radius 2 is 2.06 bits per heavy atom. The number of nitrogens with zero attached hydrogens (tertiary/aromatic N) is 3. The van der Waals surface area contributed by atoms with Crippen molar-refractivity contribution < 1.29 is 32.6 Å². The van der Waals surface area contributed by atoms with Crippen molar-refractivity contribution in [1.82, 2.24) is 20.0 Å². The number of aryl methyl sites for hydroxylation is 1. The quantitative estimate of drug-likeness (QED) is 0.708. The average molecular weight is 475 g/mol. The number of rotatable bonds is 4. The zero-order valence-corrected chi connectivity index (χ0v) is 18.3. The predicted molar refractivity (Wildman–Crippen MR) is 110 cm³/mol. The van der Waals surface area contributed by atoms with Crippen LogP contribution in [0.3, 0.4) is 0 Å². The van der Waals surface area contributed by atoms with Crippen LogP contribution in [-0.4, -0.2) is 69.2 Å². The Hall–Kier alpha value is -2.44. The van der Waals surface area contributed by atoms with E-state index in [1.54, 1.807) is 0 Å². The smallest absolute Gasteiger partial charge is 0.475 e. The van der Waals surface area contributed by atoms with Gasteiger partial charge in [0.2, 0.25) is 0 Å². The van der Waals surface area contributed by atoms with Crippen molar-refractivity contribution in [3.63, 3.8) is 0 Å². The highest BCUT2D eigenvalue weighted by atomic mass is 32.1. The van der Waals surface area contributed by atoms with Crippen LogP contribution in [0.2, 0.25) is 0 Å². The molecule has 2 N–H and O–H groups in total. The van der Waals surface area contributed by atoms with Crippen LogP contribution < -0.4 is 5.32 Å². The van der Waals surface area contributed by atoms with Gasteiger partial charge in [-0.2, -0.15) is 18.3 Å². The van der Waals surface area contributed by atoms with Crippen LogP contribution >= 0.6 is 11.3 Å². The number of carboxylic acid groups (broad SMARTS) is 1. The van der Waals surface area contributed by atoms with Gasteiger partial charge in [0, 0.05) is 38.4 Å². The Labute approximate surface area is 187 Å². The highest BCUT2D eigenvalue weighted by molar-refractivity contribution is 7.12. The number of ether oxygens (including phenoxy) is 1. The van der Waals surface area contributed by atoms with Crippen molar-refractivity contribution in [2.75, 3.05) is 19.7 Å². The van der Waals surface area contributed by atoms with E-state index in [9.17, 15) is 18.0 Å². The lowest BCUT2D eigenvalue weighted by Gasteiger charge is -2.38. The number of nitrogens with one attached hydrogen (secondary N) is 1. The van der Waals surface area contributed by atoms with E-state index in [0.29, 0.717) is 6.61 Å². The first-order chi connectivity index (χ1) is 15.1. The highest BCUT2D eigenvalue weighted by Crippen LogP contribution is 2.36. The van der Waals surface area contributed by atoms with Gasteiger partial charge in [-0.05, 0) is 30.7 Å². The molecule has 2 aliphatic rings. The molecule has 1 unspecified atom stereocenters. The fourth-order valence-electron chi connectivity index (χ4n) is 3.88. The van der Waals surface area contributed by atoms with Gasteiger partial charge in [-0.1, -0.05) is 6.07 Å². The largest absolute Gasteiger partial charge is 0.490 e. The third-order valence-electron chi connectivity index (χ3n) is 5.46. The van der Waals surface area contributed by atoms with E-state index in [0.717, 1.165) is 43.8 Å². The number of hydrogen-bond acceptors (Lipinski definition) is 6. The number of halogens is 3. The number of carbonyl (C=O) groups excluding carboxylic acids is 1. The van der Waals surface area contributed by atoms with E-state index in [-0.39, 0.29) is 17.6 Å². The standard InChI is InChI=1S/C18H24N4O2S.C2HF3O2/c1-21-11-14(10-19-21)12-22-6-4-18(5-7-22)9-15(13-24-18)20-17(23)16-3-2-8-25-16;3-2(4,5)1(6)7/h2-3,8,10-11,15H,4-7,9,12-13H2,1H3,(H,20,23);(H,6,7). The number of amides is 1. The fourth-order valence-corrected chi connectivity index (χ4v) is 4.51. The molecule has 2 aromatic rings. The van der Waals surface area contributed by atoms with Gasteiger partial charge in [0.25, 0.3) is 5.91 Å². The zero-order chi connectivity index (χ0) is 23.4. The van der Waals surface area contributed by atoms with Crippen LogP contribution in [0.4, 0.5) is 13.2 Å². The van der Waals surface area contributed by atoms with E-state index in [1.165, 1.54) is 16.9 Å². The Bertz CT molecular complexity index is 908. The molecule has 0 aliphatic carbocycles.